The monoisotopic (exact) mass is 388 g/mol. The standard InChI is InChI=1S/C21H20N6O2/c1-15(2)16-8-10-17(11-9-16)21(25-23-18-6-4-3-5-7-18)26-24-20-13-12-19(14-22-20)27(28)29/h3-15,23H,1-2H3. The molecule has 1 aromatic heterocycles. The van der Waals surface area contributed by atoms with E-state index in [1.807, 2.05) is 54.6 Å². The van der Waals surface area contributed by atoms with Crippen molar-refractivity contribution in [2.75, 3.05) is 5.43 Å². The van der Waals surface area contributed by atoms with Crippen LogP contribution in [0.5, 0.6) is 0 Å². The minimum absolute atomic E-state index is 0.104. The van der Waals surface area contributed by atoms with E-state index in [2.05, 4.69) is 39.6 Å². The summed E-state index contributed by atoms with van der Waals surface area (Å²) in [5, 5.41) is 23.4. The first kappa shape index (κ1) is 19.8. The van der Waals surface area contributed by atoms with Crippen molar-refractivity contribution in [3.63, 3.8) is 0 Å². The number of hydrazone groups is 1. The topological polar surface area (TPSA) is 105 Å². The van der Waals surface area contributed by atoms with Gasteiger partial charge in [-0.3, -0.25) is 15.5 Å². The molecule has 2 aromatic carbocycles. The molecular formula is C21H20N6O2. The van der Waals surface area contributed by atoms with Gasteiger partial charge in [0, 0.05) is 11.6 Å². The number of azo groups is 1. The van der Waals surface area contributed by atoms with Crippen LogP contribution in [-0.4, -0.2) is 15.7 Å². The highest BCUT2D eigenvalue weighted by Gasteiger charge is 2.07. The lowest BCUT2D eigenvalue weighted by molar-refractivity contribution is -0.385. The number of nitrogens with one attached hydrogen (secondary N) is 1. The number of benzene rings is 2. The quantitative estimate of drug-likeness (QED) is 0.193. The number of nitrogens with zero attached hydrogens (tertiary/aromatic N) is 5. The maximum absolute atomic E-state index is 10.7. The van der Waals surface area contributed by atoms with Crippen LogP contribution in [0, 0.1) is 10.1 Å². The van der Waals surface area contributed by atoms with Crippen LogP contribution >= 0.6 is 0 Å². The number of anilines is 1. The minimum atomic E-state index is -0.513. The third-order valence-corrected chi connectivity index (χ3v) is 4.09. The lowest BCUT2D eigenvalue weighted by atomic mass is 10.0. The summed E-state index contributed by atoms with van der Waals surface area (Å²) in [6.45, 7) is 4.25. The summed E-state index contributed by atoms with van der Waals surface area (Å²) in [4.78, 5) is 14.2. The van der Waals surface area contributed by atoms with Crippen LogP contribution < -0.4 is 5.43 Å². The molecule has 1 N–H and O–H groups in total. The third-order valence-electron chi connectivity index (χ3n) is 4.09. The molecule has 8 nitrogen and oxygen atoms in total. The molecule has 146 valence electrons. The van der Waals surface area contributed by atoms with Crippen molar-refractivity contribution in [1.82, 2.24) is 4.98 Å². The van der Waals surface area contributed by atoms with Crippen molar-refractivity contribution >= 4 is 23.0 Å². The highest BCUT2D eigenvalue weighted by molar-refractivity contribution is 5.99. The average Bonchev–Trinajstić information content (AvgIpc) is 2.75. The van der Waals surface area contributed by atoms with Crippen molar-refractivity contribution in [3.05, 3.63) is 94.2 Å². The fourth-order valence-corrected chi connectivity index (χ4v) is 2.44. The van der Waals surface area contributed by atoms with E-state index in [-0.39, 0.29) is 11.5 Å². The van der Waals surface area contributed by atoms with Gasteiger partial charge in [0.1, 0.15) is 6.20 Å². The summed E-state index contributed by atoms with van der Waals surface area (Å²) in [7, 11) is 0. The molecule has 0 saturated heterocycles. The summed E-state index contributed by atoms with van der Waals surface area (Å²) in [6.07, 6.45) is 1.14. The highest BCUT2D eigenvalue weighted by Crippen LogP contribution is 2.18. The van der Waals surface area contributed by atoms with Crippen LogP contribution in [0.1, 0.15) is 30.9 Å². The molecule has 29 heavy (non-hydrogen) atoms. The van der Waals surface area contributed by atoms with Crippen molar-refractivity contribution < 1.29 is 4.92 Å². The Morgan fingerprint density at radius 3 is 2.34 bits per heavy atom. The normalized spacial score (nSPS) is 11.8. The molecular weight excluding hydrogens is 368 g/mol. The molecule has 0 saturated carbocycles. The van der Waals surface area contributed by atoms with Gasteiger partial charge in [-0.2, -0.15) is 5.10 Å². The van der Waals surface area contributed by atoms with Gasteiger partial charge in [-0.1, -0.05) is 56.3 Å². The molecule has 0 bridgehead atoms. The van der Waals surface area contributed by atoms with E-state index in [0.717, 1.165) is 17.4 Å². The molecule has 1 heterocycles. The molecule has 0 radical (unpaired) electrons. The summed E-state index contributed by atoms with van der Waals surface area (Å²) in [5.41, 5.74) is 5.66. The van der Waals surface area contributed by atoms with Gasteiger partial charge in [-0.05, 0) is 29.7 Å². The van der Waals surface area contributed by atoms with Gasteiger partial charge in [-0.25, -0.2) is 4.98 Å². The first-order valence-corrected chi connectivity index (χ1v) is 9.04. The number of amidine groups is 1. The molecule has 3 rings (SSSR count). The molecule has 0 atom stereocenters. The molecule has 3 aromatic rings. The zero-order valence-electron chi connectivity index (χ0n) is 16.1. The van der Waals surface area contributed by atoms with Gasteiger partial charge in [0.15, 0.2) is 5.82 Å². The molecule has 0 aliphatic carbocycles. The van der Waals surface area contributed by atoms with E-state index >= 15 is 0 Å². The van der Waals surface area contributed by atoms with E-state index < -0.39 is 4.92 Å². The molecule has 0 aliphatic heterocycles. The van der Waals surface area contributed by atoms with E-state index in [1.54, 1.807) is 0 Å². The van der Waals surface area contributed by atoms with Gasteiger partial charge in [-0.15, -0.1) is 10.2 Å². The van der Waals surface area contributed by atoms with Crippen LogP contribution in [0.4, 0.5) is 17.2 Å². The number of hydrogen-bond acceptors (Lipinski definition) is 6. The smallest absolute Gasteiger partial charge is 0.276 e. The Bertz CT molecular complexity index is 1010. The van der Waals surface area contributed by atoms with E-state index in [4.69, 9.17) is 0 Å². The van der Waals surface area contributed by atoms with Gasteiger partial charge in [0.2, 0.25) is 5.84 Å². The third kappa shape index (κ3) is 5.52. The predicted molar refractivity (Wildman–Crippen MR) is 113 cm³/mol. The second-order valence-corrected chi connectivity index (χ2v) is 6.52. The van der Waals surface area contributed by atoms with E-state index in [0.29, 0.717) is 11.8 Å². The minimum Gasteiger partial charge on any atom is -0.276 e. The SMILES string of the molecule is CC(C)c1ccc(C(N=Nc2ccc([N+](=O)[O-])cn2)=NNc2ccccc2)cc1. The molecule has 0 spiro atoms. The van der Waals surface area contributed by atoms with Crippen molar-refractivity contribution in [3.8, 4) is 0 Å². The van der Waals surface area contributed by atoms with Gasteiger partial charge in [0.25, 0.3) is 5.69 Å². The summed E-state index contributed by atoms with van der Waals surface area (Å²) in [6, 6.07) is 20.2. The van der Waals surface area contributed by atoms with Crippen molar-refractivity contribution in [2.45, 2.75) is 19.8 Å². The zero-order chi connectivity index (χ0) is 20.6. The summed E-state index contributed by atoms with van der Waals surface area (Å²) in [5.74, 6) is 1.03. The molecule has 0 amide bonds. The molecule has 0 unspecified atom stereocenters. The van der Waals surface area contributed by atoms with Crippen LogP contribution in [0.3, 0.4) is 0 Å². The molecule has 0 aliphatic rings. The number of aromatic nitrogens is 1. The maximum Gasteiger partial charge on any atom is 0.287 e. The Labute approximate surface area is 168 Å². The Hall–Kier alpha value is -3.94. The molecule has 0 fully saturated rings. The Morgan fingerprint density at radius 1 is 1.03 bits per heavy atom. The van der Waals surface area contributed by atoms with Crippen LogP contribution in [0.15, 0.2) is 88.3 Å². The number of nitro groups is 1. The van der Waals surface area contributed by atoms with Gasteiger partial charge < -0.3 is 0 Å². The number of hydrogen-bond donors (Lipinski definition) is 1. The first-order valence-electron chi connectivity index (χ1n) is 9.04. The second-order valence-electron chi connectivity index (χ2n) is 6.52. The number of pyridine rings is 1. The number of rotatable bonds is 6. The van der Waals surface area contributed by atoms with Crippen LogP contribution in [-0.2, 0) is 0 Å². The lowest BCUT2D eigenvalue weighted by Crippen LogP contribution is -2.02. The Morgan fingerprint density at radius 2 is 1.76 bits per heavy atom. The average molecular weight is 388 g/mol. The first-order chi connectivity index (χ1) is 14.0. The lowest BCUT2D eigenvalue weighted by Gasteiger charge is -2.07. The van der Waals surface area contributed by atoms with Gasteiger partial charge >= 0.3 is 0 Å². The second kappa shape index (κ2) is 9.32. The highest BCUT2D eigenvalue weighted by atomic mass is 16.6. The van der Waals surface area contributed by atoms with Gasteiger partial charge in [0.05, 0.1) is 10.6 Å². The summed E-state index contributed by atoms with van der Waals surface area (Å²) >= 11 is 0. The fourth-order valence-electron chi connectivity index (χ4n) is 2.44. The predicted octanol–water partition coefficient (Wildman–Crippen LogP) is 5.67. The zero-order valence-corrected chi connectivity index (χ0v) is 16.1. The van der Waals surface area contributed by atoms with Crippen LogP contribution in [0.25, 0.3) is 0 Å². The molecule has 8 heteroatoms. The van der Waals surface area contributed by atoms with E-state index in [1.165, 1.54) is 17.7 Å². The fraction of sp³-hybridized carbons (Fsp3) is 0.143. The van der Waals surface area contributed by atoms with Crippen molar-refractivity contribution in [1.29, 1.82) is 0 Å². The van der Waals surface area contributed by atoms with Crippen LogP contribution in [0.2, 0.25) is 0 Å². The number of para-hydroxylation sites is 1. The Balaban J connectivity index is 1.88. The van der Waals surface area contributed by atoms with E-state index in [9.17, 15) is 10.1 Å². The maximum atomic E-state index is 10.7. The summed E-state index contributed by atoms with van der Waals surface area (Å²) < 4.78 is 0. The van der Waals surface area contributed by atoms with Crippen molar-refractivity contribution in [2.24, 2.45) is 15.3 Å². The largest absolute Gasteiger partial charge is 0.287 e. The Kier molecular flexibility index (Phi) is 6.36.